The zero-order valence-corrected chi connectivity index (χ0v) is 20.7. The van der Waals surface area contributed by atoms with Gasteiger partial charge in [-0.3, -0.25) is 14.9 Å². The minimum absolute atomic E-state index is 0.00806. The number of morpholine rings is 1. The van der Waals surface area contributed by atoms with Gasteiger partial charge in [-0.05, 0) is 28.9 Å². The Balaban J connectivity index is 1.65. The maximum atomic E-state index is 12.2. The first-order valence-corrected chi connectivity index (χ1v) is 11.3. The fourth-order valence-electron chi connectivity index (χ4n) is 3.40. The Morgan fingerprint density at radius 2 is 2.20 bits per heavy atom. The molecule has 1 amide bonds. The number of pyridine rings is 1. The second kappa shape index (κ2) is 12.2. The molecule has 1 aromatic carbocycles. The summed E-state index contributed by atoms with van der Waals surface area (Å²) in [5.74, 6) is -0.589. The number of hydrogen-bond acceptors (Lipinski definition) is 10. The van der Waals surface area contributed by atoms with E-state index >= 15 is 0 Å². The summed E-state index contributed by atoms with van der Waals surface area (Å²) in [5.41, 5.74) is 4.49. The normalized spacial score (nSPS) is 13.5. The Morgan fingerprint density at radius 1 is 1.46 bits per heavy atom. The van der Waals surface area contributed by atoms with E-state index in [1.807, 2.05) is 11.0 Å². The standard InChI is InChI=1S/C22H23BrN6O6/c1-14-21(23)17(12-33-2)16(10-24)22(26-14)35-13-20(30)27-25-11-15-3-4-18(19(9-15)29(31)32)28-5-7-34-8-6-28/h3-4,9,11H,5-8,12-13H2,1-2H3,(H,27,30)/b25-11+. The predicted octanol–water partition coefficient (Wildman–Crippen LogP) is 2.44. The van der Waals surface area contributed by atoms with Gasteiger partial charge < -0.3 is 19.1 Å². The van der Waals surface area contributed by atoms with Crippen LogP contribution in [0.1, 0.15) is 22.4 Å². The van der Waals surface area contributed by atoms with Gasteiger partial charge in [-0.15, -0.1) is 0 Å². The fraction of sp³-hybridized carbons (Fsp3) is 0.364. The lowest BCUT2D eigenvalue weighted by molar-refractivity contribution is -0.384. The largest absolute Gasteiger partial charge is 0.467 e. The zero-order valence-electron chi connectivity index (χ0n) is 19.1. The molecule has 3 rings (SSSR count). The molecule has 184 valence electrons. The van der Waals surface area contributed by atoms with Gasteiger partial charge in [0.2, 0.25) is 5.88 Å². The number of nitrogens with zero attached hydrogens (tertiary/aromatic N) is 5. The molecule has 2 heterocycles. The second-order valence-electron chi connectivity index (χ2n) is 7.40. The minimum atomic E-state index is -0.597. The van der Waals surface area contributed by atoms with Gasteiger partial charge in [0, 0.05) is 41.9 Å². The molecular weight excluding hydrogens is 524 g/mol. The highest BCUT2D eigenvalue weighted by Gasteiger charge is 2.22. The molecule has 13 heteroatoms. The van der Waals surface area contributed by atoms with Gasteiger partial charge in [-0.25, -0.2) is 10.4 Å². The van der Waals surface area contributed by atoms with E-state index in [-0.39, 0.29) is 23.7 Å². The van der Waals surface area contributed by atoms with Crippen LogP contribution < -0.4 is 15.1 Å². The number of aromatic nitrogens is 1. The van der Waals surface area contributed by atoms with Crippen molar-refractivity contribution in [3.8, 4) is 11.9 Å². The second-order valence-corrected chi connectivity index (χ2v) is 8.19. The van der Waals surface area contributed by atoms with E-state index < -0.39 is 17.4 Å². The number of rotatable bonds is 9. The minimum Gasteiger partial charge on any atom is -0.467 e. The molecule has 1 saturated heterocycles. The van der Waals surface area contributed by atoms with Gasteiger partial charge in [0.25, 0.3) is 11.6 Å². The topological polar surface area (TPSA) is 152 Å². The number of carbonyl (C=O) groups is 1. The van der Waals surface area contributed by atoms with Crippen molar-refractivity contribution in [2.45, 2.75) is 13.5 Å². The molecule has 12 nitrogen and oxygen atoms in total. The van der Waals surface area contributed by atoms with Crippen molar-refractivity contribution in [3.63, 3.8) is 0 Å². The maximum absolute atomic E-state index is 12.2. The van der Waals surface area contributed by atoms with Gasteiger partial charge in [-0.2, -0.15) is 10.4 Å². The van der Waals surface area contributed by atoms with E-state index in [0.29, 0.717) is 53.3 Å². The first kappa shape index (κ1) is 26.0. The number of nitriles is 1. The van der Waals surface area contributed by atoms with Crippen molar-refractivity contribution in [1.82, 2.24) is 10.4 Å². The van der Waals surface area contributed by atoms with Gasteiger partial charge in [0.15, 0.2) is 6.61 Å². The third-order valence-electron chi connectivity index (χ3n) is 5.06. The van der Waals surface area contributed by atoms with Crippen LogP contribution in [-0.2, 0) is 20.9 Å². The number of halogens is 1. The van der Waals surface area contributed by atoms with Crippen LogP contribution in [0.4, 0.5) is 11.4 Å². The maximum Gasteiger partial charge on any atom is 0.293 e. The summed E-state index contributed by atoms with van der Waals surface area (Å²) < 4.78 is 16.5. The van der Waals surface area contributed by atoms with Crippen molar-refractivity contribution in [1.29, 1.82) is 5.26 Å². The van der Waals surface area contributed by atoms with Crippen LogP contribution in [0.2, 0.25) is 0 Å². The van der Waals surface area contributed by atoms with Crippen LogP contribution in [0, 0.1) is 28.4 Å². The number of hydrogen-bond donors (Lipinski definition) is 1. The van der Waals surface area contributed by atoms with Gasteiger partial charge in [0.05, 0.1) is 36.7 Å². The third kappa shape index (κ3) is 6.50. The highest BCUT2D eigenvalue weighted by Crippen LogP contribution is 2.30. The lowest BCUT2D eigenvalue weighted by atomic mass is 10.1. The number of nitro groups is 1. The summed E-state index contributed by atoms with van der Waals surface area (Å²) in [6, 6.07) is 6.74. The predicted molar refractivity (Wildman–Crippen MR) is 129 cm³/mol. The van der Waals surface area contributed by atoms with Crippen molar-refractivity contribution in [3.05, 3.63) is 55.2 Å². The Labute approximate surface area is 209 Å². The zero-order chi connectivity index (χ0) is 25.4. The number of hydrazone groups is 1. The van der Waals surface area contributed by atoms with Crippen molar-refractivity contribution in [2.24, 2.45) is 5.10 Å². The molecule has 2 aromatic rings. The molecular formula is C22H23BrN6O6. The van der Waals surface area contributed by atoms with Gasteiger partial charge >= 0.3 is 0 Å². The van der Waals surface area contributed by atoms with Crippen LogP contribution in [0.3, 0.4) is 0 Å². The molecule has 1 aliphatic rings. The molecule has 0 aliphatic carbocycles. The van der Waals surface area contributed by atoms with Gasteiger partial charge in [0.1, 0.15) is 17.3 Å². The summed E-state index contributed by atoms with van der Waals surface area (Å²) in [6.07, 6.45) is 1.30. The summed E-state index contributed by atoms with van der Waals surface area (Å²) in [4.78, 5) is 29.4. The number of methoxy groups -OCH3 is 1. The highest BCUT2D eigenvalue weighted by atomic mass is 79.9. The smallest absolute Gasteiger partial charge is 0.293 e. The number of anilines is 1. The number of benzene rings is 1. The summed E-state index contributed by atoms with van der Waals surface area (Å²) in [5, 5.41) is 24.9. The number of aryl methyl sites for hydroxylation is 1. The average Bonchev–Trinajstić information content (AvgIpc) is 2.86. The first-order valence-electron chi connectivity index (χ1n) is 10.5. The summed E-state index contributed by atoms with van der Waals surface area (Å²) >= 11 is 3.39. The van der Waals surface area contributed by atoms with E-state index in [1.54, 1.807) is 19.1 Å². The van der Waals surface area contributed by atoms with E-state index in [9.17, 15) is 20.2 Å². The summed E-state index contributed by atoms with van der Waals surface area (Å²) in [6.45, 7) is 3.60. The number of nitrogens with one attached hydrogen (secondary N) is 1. The molecule has 1 aromatic heterocycles. The number of amides is 1. The Morgan fingerprint density at radius 3 is 2.86 bits per heavy atom. The molecule has 0 bridgehead atoms. The molecule has 0 saturated carbocycles. The van der Waals surface area contributed by atoms with Crippen molar-refractivity contribution < 1.29 is 23.9 Å². The van der Waals surface area contributed by atoms with Crippen LogP contribution >= 0.6 is 15.9 Å². The van der Waals surface area contributed by atoms with Crippen LogP contribution in [0.5, 0.6) is 5.88 Å². The average molecular weight is 547 g/mol. The van der Waals surface area contributed by atoms with E-state index in [1.165, 1.54) is 19.4 Å². The first-order chi connectivity index (χ1) is 16.8. The highest BCUT2D eigenvalue weighted by molar-refractivity contribution is 9.10. The van der Waals surface area contributed by atoms with Crippen molar-refractivity contribution >= 4 is 39.4 Å². The quantitative estimate of drug-likeness (QED) is 0.283. The molecule has 0 unspecified atom stereocenters. The number of carbonyl (C=O) groups excluding carboxylic acids is 1. The van der Waals surface area contributed by atoms with E-state index in [0.717, 1.165) is 0 Å². The van der Waals surface area contributed by atoms with Crippen LogP contribution in [0.15, 0.2) is 27.8 Å². The van der Waals surface area contributed by atoms with Crippen LogP contribution in [0.25, 0.3) is 0 Å². The molecule has 0 radical (unpaired) electrons. The van der Waals surface area contributed by atoms with E-state index in [2.05, 4.69) is 31.4 Å². The molecule has 1 fully saturated rings. The number of ether oxygens (including phenoxy) is 3. The lowest BCUT2D eigenvalue weighted by Crippen LogP contribution is -2.36. The number of nitro benzene ring substituents is 1. The fourth-order valence-corrected chi connectivity index (χ4v) is 3.80. The van der Waals surface area contributed by atoms with Gasteiger partial charge in [-0.1, -0.05) is 6.07 Å². The molecule has 1 N–H and O–H groups in total. The summed E-state index contributed by atoms with van der Waals surface area (Å²) in [7, 11) is 1.50. The molecule has 1 aliphatic heterocycles. The molecule has 0 spiro atoms. The van der Waals surface area contributed by atoms with E-state index in [4.69, 9.17) is 14.2 Å². The SMILES string of the molecule is COCc1c(Br)c(C)nc(OCC(=O)N/N=C/c2ccc(N3CCOCC3)c([N+](=O)[O-])c2)c1C#N. The third-order valence-corrected chi connectivity index (χ3v) is 6.11. The lowest BCUT2D eigenvalue weighted by Gasteiger charge is -2.28. The Kier molecular flexibility index (Phi) is 9.07. The van der Waals surface area contributed by atoms with Crippen LogP contribution in [-0.4, -0.2) is 62.0 Å². The monoisotopic (exact) mass is 546 g/mol. The molecule has 0 atom stereocenters. The van der Waals surface area contributed by atoms with Crippen molar-refractivity contribution in [2.75, 3.05) is 44.9 Å². The Bertz CT molecular complexity index is 1180. The molecule has 35 heavy (non-hydrogen) atoms. The Hall–Kier alpha value is -3.60.